The summed E-state index contributed by atoms with van der Waals surface area (Å²) < 4.78 is 12.7. The molecule has 0 radical (unpaired) electrons. The monoisotopic (exact) mass is 310 g/mol. The normalized spacial score (nSPS) is 13.7. The molecule has 0 saturated carbocycles. The molecular weight excluding hydrogens is 299 g/mol. The number of hydrogen-bond acceptors (Lipinski definition) is 6. The summed E-state index contributed by atoms with van der Waals surface area (Å²) in [6.45, 7) is 0. The summed E-state index contributed by atoms with van der Waals surface area (Å²) in [5.74, 6) is -1.50. The number of aromatic amines is 1. The molecular formula is C10H11N6O4P. The molecule has 0 amide bonds. The molecule has 21 heavy (non-hydrogen) atoms. The molecule has 0 aliphatic heterocycles. The first-order valence-corrected chi connectivity index (χ1v) is 7.57. The van der Waals surface area contributed by atoms with Gasteiger partial charge in [0.2, 0.25) is 5.82 Å². The van der Waals surface area contributed by atoms with Crippen LogP contribution >= 0.6 is 7.60 Å². The van der Waals surface area contributed by atoms with Gasteiger partial charge in [-0.25, -0.2) is 4.98 Å². The Kier molecular flexibility index (Phi) is 3.30. The van der Waals surface area contributed by atoms with Crippen molar-refractivity contribution < 1.29 is 19.5 Å². The van der Waals surface area contributed by atoms with Gasteiger partial charge in [-0.05, 0) is 17.3 Å². The number of pyridine rings is 1. The second kappa shape index (κ2) is 5.01. The Balaban J connectivity index is 2.11. The van der Waals surface area contributed by atoms with Crippen LogP contribution in [0.5, 0.6) is 0 Å². The molecule has 0 aromatic carbocycles. The van der Waals surface area contributed by atoms with Gasteiger partial charge in [0.1, 0.15) is 11.3 Å². The van der Waals surface area contributed by atoms with E-state index in [2.05, 4.69) is 25.6 Å². The van der Waals surface area contributed by atoms with Crippen LogP contribution in [0.4, 0.5) is 0 Å². The third-order valence-electron chi connectivity index (χ3n) is 2.96. The SMILES string of the molecule is O=P(O)(O)C(O)Cc1cccc2ncc(-c3nn[nH]n3)n12. The molecule has 4 N–H and O–H groups in total. The van der Waals surface area contributed by atoms with Crippen molar-refractivity contribution in [3.63, 3.8) is 0 Å². The van der Waals surface area contributed by atoms with Crippen LogP contribution in [-0.4, -0.2) is 50.7 Å². The molecule has 3 aromatic rings. The van der Waals surface area contributed by atoms with E-state index in [1.54, 1.807) is 22.6 Å². The highest BCUT2D eigenvalue weighted by Gasteiger charge is 2.27. The van der Waals surface area contributed by atoms with Gasteiger partial charge in [-0.1, -0.05) is 6.07 Å². The van der Waals surface area contributed by atoms with Gasteiger partial charge in [0.25, 0.3) is 0 Å². The second-order valence-corrected chi connectivity index (χ2v) is 6.14. The molecule has 0 saturated heterocycles. The highest BCUT2D eigenvalue weighted by molar-refractivity contribution is 7.52. The second-order valence-electron chi connectivity index (χ2n) is 4.36. The number of nitrogens with zero attached hydrogens (tertiary/aromatic N) is 5. The molecule has 0 fully saturated rings. The molecule has 0 spiro atoms. The predicted molar refractivity (Wildman–Crippen MR) is 70.1 cm³/mol. The van der Waals surface area contributed by atoms with E-state index in [1.807, 2.05) is 0 Å². The average molecular weight is 310 g/mol. The number of rotatable bonds is 4. The number of imidazole rings is 1. The van der Waals surface area contributed by atoms with Crippen molar-refractivity contribution in [2.45, 2.75) is 12.3 Å². The van der Waals surface area contributed by atoms with Crippen molar-refractivity contribution in [2.75, 3.05) is 0 Å². The number of aromatic nitrogens is 6. The molecule has 0 aliphatic rings. The molecule has 3 heterocycles. The number of H-pyrrole nitrogens is 1. The smallest absolute Gasteiger partial charge is 0.354 e. The maximum atomic E-state index is 11.1. The van der Waals surface area contributed by atoms with E-state index in [0.717, 1.165) is 0 Å². The van der Waals surface area contributed by atoms with Crippen LogP contribution < -0.4 is 0 Å². The number of tetrazole rings is 1. The van der Waals surface area contributed by atoms with E-state index < -0.39 is 13.4 Å². The summed E-state index contributed by atoms with van der Waals surface area (Å²) in [5, 5.41) is 23.1. The van der Waals surface area contributed by atoms with Crippen LogP contribution in [0, 0.1) is 0 Å². The lowest BCUT2D eigenvalue weighted by Crippen LogP contribution is -2.13. The quantitative estimate of drug-likeness (QED) is 0.473. The topological polar surface area (TPSA) is 150 Å². The van der Waals surface area contributed by atoms with Gasteiger partial charge in [-0.2, -0.15) is 5.21 Å². The number of fused-ring (bicyclic) bond motifs is 1. The van der Waals surface area contributed by atoms with Crippen LogP contribution in [-0.2, 0) is 11.0 Å². The van der Waals surface area contributed by atoms with Crippen LogP contribution in [0.1, 0.15) is 5.69 Å². The first kappa shape index (κ1) is 13.8. The van der Waals surface area contributed by atoms with Gasteiger partial charge in [0.05, 0.1) is 6.20 Å². The van der Waals surface area contributed by atoms with Crippen molar-refractivity contribution in [2.24, 2.45) is 0 Å². The number of aliphatic hydroxyl groups excluding tert-OH is 1. The molecule has 0 aliphatic carbocycles. The fourth-order valence-corrected chi connectivity index (χ4v) is 2.42. The van der Waals surface area contributed by atoms with Gasteiger partial charge >= 0.3 is 7.60 Å². The zero-order chi connectivity index (χ0) is 15.0. The largest absolute Gasteiger partial charge is 0.380 e. The average Bonchev–Trinajstić information content (AvgIpc) is 3.06. The summed E-state index contributed by atoms with van der Waals surface area (Å²) in [6, 6.07) is 5.04. The fourth-order valence-electron chi connectivity index (χ4n) is 2.00. The van der Waals surface area contributed by atoms with E-state index in [1.165, 1.54) is 6.20 Å². The standard InChI is InChI=1S/C10H11N6O4P/c17-9(21(18,19)20)4-6-2-1-3-8-11-5-7(16(6)8)10-12-14-15-13-10/h1-3,5,9,17H,4H2,(H2,18,19,20)(H,12,13,14,15). The molecule has 11 heteroatoms. The zero-order valence-electron chi connectivity index (χ0n) is 10.5. The van der Waals surface area contributed by atoms with E-state index >= 15 is 0 Å². The number of hydrogen-bond donors (Lipinski definition) is 4. The first-order valence-electron chi connectivity index (χ1n) is 5.89. The fraction of sp³-hybridized carbons (Fsp3) is 0.200. The Morgan fingerprint density at radius 3 is 2.86 bits per heavy atom. The van der Waals surface area contributed by atoms with E-state index in [0.29, 0.717) is 22.9 Å². The molecule has 3 rings (SSSR count). The van der Waals surface area contributed by atoms with Crippen LogP contribution in [0.15, 0.2) is 24.4 Å². The highest BCUT2D eigenvalue weighted by atomic mass is 31.2. The van der Waals surface area contributed by atoms with Crippen molar-refractivity contribution in [3.05, 3.63) is 30.1 Å². The molecule has 1 unspecified atom stereocenters. The van der Waals surface area contributed by atoms with Gasteiger partial charge < -0.3 is 14.9 Å². The summed E-state index contributed by atoms with van der Waals surface area (Å²) >= 11 is 0. The Bertz CT molecular complexity index is 810. The third kappa shape index (κ3) is 2.57. The Hall–Kier alpha value is -2.13. The minimum absolute atomic E-state index is 0.233. The lowest BCUT2D eigenvalue weighted by molar-refractivity contribution is 0.201. The molecule has 110 valence electrons. The summed E-state index contributed by atoms with van der Waals surface area (Å²) in [7, 11) is -4.58. The van der Waals surface area contributed by atoms with E-state index in [9.17, 15) is 9.67 Å². The predicted octanol–water partition coefficient (Wildman–Crippen LogP) is -0.447. The zero-order valence-corrected chi connectivity index (χ0v) is 11.4. The molecule has 1 atom stereocenters. The Morgan fingerprint density at radius 2 is 2.19 bits per heavy atom. The maximum Gasteiger partial charge on any atom is 0.354 e. The number of aliphatic hydroxyl groups is 1. The first-order chi connectivity index (χ1) is 9.97. The van der Waals surface area contributed by atoms with Crippen molar-refractivity contribution in [1.82, 2.24) is 30.0 Å². The van der Waals surface area contributed by atoms with Crippen molar-refractivity contribution in [1.29, 1.82) is 0 Å². The van der Waals surface area contributed by atoms with E-state index in [-0.39, 0.29) is 6.42 Å². The number of nitrogens with one attached hydrogen (secondary N) is 1. The minimum atomic E-state index is -4.58. The van der Waals surface area contributed by atoms with Gasteiger partial charge in [-0.15, -0.1) is 10.2 Å². The van der Waals surface area contributed by atoms with Crippen molar-refractivity contribution >= 4 is 13.2 Å². The van der Waals surface area contributed by atoms with Gasteiger partial charge in [-0.3, -0.25) is 8.97 Å². The van der Waals surface area contributed by atoms with Crippen LogP contribution in [0.2, 0.25) is 0 Å². The van der Waals surface area contributed by atoms with Crippen LogP contribution in [0.25, 0.3) is 17.2 Å². The van der Waals surface area contributed by atoms with E-state index in [4.69, 9.17) is 9.79 Å². The van der Waals surface area contributed by atoms with Crippen molar-refractivity contribution in [3.8, 4) is 11.5 Å². The minimum Gasteiger partial charge on any atom is -0.380 e. The van der Waals surface area contributed by atoms with Gasteiger partial charge in [0, 0.05) is 12.1 Å². The molecule has 10 nitrogen and oxygen atoms in total. The lowest BCUT2D eigenvalue weighted by atomic mass is 10.2. The maximum absolute atomic E-state index is 11.1. The molecule has 0 bridgehead atoms. The Labute approximate surface area is 117 Å². The lowest BCUT2D eigenvalue weighted by Gasteiger charge is -2.14. The van der Waals surface area contributed by atoms with Gasteiger partial charge in [0.15, 0.2) is 5.85 Å². The Morgan fingerprint density at radius 1 is 1.38 bits per heavy atom. The molecule has 3 aromatic heterocycles. The summed E-state index contributed by atoms with van der Waals surface area (Å²) in [6.07, 6.45) is 1.29. The summed E-state index contributed by atoms with van der Waals surface area (Å²) in [5.41, 5.74) is 1.53. The summed E-state index contributed by atoms with van der Waals surface area (Å²) in [4.78, 5) is 22.2. The highest BCUT2D eigenvalue weighted by Crippen LogP contribution is 2.41. The third-order valence-corrected chi connectivity index (χ3v) is 3.92. The van der Waals surface area contributed by atoms with Crippen LogP contribution in [0.3, 0.4) is 0 Å².